The number of hydrogen-bond donors (Lipinski definition) is 0. The van der Waals surface area contributed by atoms with Crippen LogP contribution in [0.2, 0.25) is 0 Å². The highest BCUT2D eigenvalue weighted by Gasteiger charge is 2.22. The van der Waals surface area contributed by atoms with Crippen molar-refractivity contribution in [1.82, 2.24) is 0 Å². The number of methoxy groups -OCH3 is 4. The Morgan fingerprint density at radius 3 is 0.953 bits per heavy atom. The molecule has 0 atom stereocenters. The van der Waals surface area contributed by atoms with Crippen LogP contribution in [-0.4, -0.2) is 40.0 Å². The first-order valence-corrected chi connectivity index (χ1v) is 23.8. The second-order valence-electron chi connectivity index (χ2n) is 15.2. The lowest BCUT2D eigenvalue weighted by molar-refractivity contribution is 0.103. The first kappa shape index (κ1) is 44.3. The third-order valence-corrected chi connectivity index (χ3v) is 16.5. The molecule has 4 heterocycles. The number of aryl methyl sites for hydroxylation is 4. The van der Waals surface area contributed by atoms with Crippen molar-refractivity contribution < 1.29 is 28.5 Å². The fourth-order valence-electron chi connectivity index (χ4n) is 7.43. The van der Waals surface area contributed by atoms with Crippen LogP contribution in [0.4, 0.5) is 0 Å². The van der Waals surface area contributed by atoms with Gasteiger partial charge >= 0.3 is 0 Å². The van der Waals surface area contributed by atoms with E-state index in [2.05, 4.69) is 52.0 Å². The zero-order chi connectivity index (χ0) is 45.1. The van der Waals surface area contributed by atoms with Gasteiger partial charge in [-0.2, -0.15) is 0 Å². The smallest absolute Gasteiger partial charge is 0.186 e. The summed E-state index contributed by atoms with van der Waals surface area (Å²) >= 11 is 7.03. The number of carbonyl (C=O) groups is 2. The van der Waals surface area contributed by atoms with Crippen LogP contribution in [0.3, 0.4) is 0 Å². The topological polar surface area (TPSA) is 71.1 Å². The van der Waals surface area contributed by atoms with Crippen molar-refractivity contribution in [3.05, 3.63) is 188 Å². The lowest BCUT2D eigenvalue weighted by atomic mass is 10.00. The fourth-order valence-corrected chi connectivity index (χ4v) is 12.8. The Morgan fingerprint density at radius 2 is 0.656 bits per heavy atom. The molecule has 64 heavy (non-hydrogen) atoms. The molecule has 0 aliphatic carbocycles. The van der Waals surface area contributed by atoms with Crippen LogP contribution < -0.4 is 18.9 Å². The molecule has 0 bridgehead atoms. The lowest BCUT2D eigenvalue weighted by Gasteiger charge is -2.08. The van der Waals surface area contributed by atoms with Gasteiger partial charge in [0.25, 0.3) is 0 Å². The van der Waals surface area contributed by atoms with Crippen molar-refractivity contribution in [1.29, 1.82) is 0 Å². The minimum absolute atomic E-state index is 0.0811. The maximum atomic E-state index is 13.7. The molecule has 0 N–H and O–H groups in total. The molecule has 322 valence electrons. The van der Waals surface area contributed by atoms with Gasteiger partial charge in [0.05, 0.1) is 28.4 Å². The Labute approximate surface area is 390 Å². The van der Waals surface area contributed by atoms with E-state index in [0.29, 0.717) is 22.6 Å². The molecule has 0 saturated heterocycles. The molecule has 6 nitrogen and oxygen atoms in total. The normalized spacial score (nSPS) is 11.8. The van der Waals surface area contributed by atoms with E-state index in [0.717, 1.165) is 54.7 Å². The second kappa shape index (κ2) is 19.2. The van der Waals surface area contributed by atoms with E-state index in [1.165, 1.54) is 40.4 Å². The second-order valence-corrected chi connectivity index (χ2v) is 19.5. The van der Waals surface area contributed by atoms with E-state index < -0.39 is 0 Å². The molecule has 0 amide bonds. The SMILES string of the molecule is COc1ccc(C(=O)/C=C(/c2ccc(OC)cc2)c2cc(C)c(-c3cc(C)c(-c4sc(-c5sc(/C(=C\C(=O)c6ccc(OC)cc6)c6ccc(OC)cc6)cc5C)cc4C)s3)s2)cc1. The lowest BCUT2D eigenvalue weighted by Crippen LogP contribution is -1.97. The van der Waals surface area contributed by atoms with Crippen molar-refractivity contribution in [2.75, 3.05) is 28.4 Å². The molecule has 0 aliphatic rings. The molecule has 8 rings (SSSR count). The van der Waals surface area contributed by atoms with Gasteiger partial charge < -0.3 is 18.9 Å². The molecule has 10 heteroatoms. The quantitative estimate of drug-likeness (QED) is 0.0754. The van der Waals surface area contributed by atoms with Crippen LogP contribution in [0.1, 0.15) is 63.9 Å². The molecule has 8 aromatic rings. The summed E-state index contributed by atoms with van der Waals surface area (Å²) in [6.07, 6.45) is 3.49. The van der Waals surface area contributed by atoms with E-state index in [9.17, 15) is 9.59 Å². The van der Waals surface area contributed by atoms with Crippen LogP contribution >= 0.6 is 45.3 Å². The molecule has 0 saturated carbocycles. The van der Waals surface area contributed by atoms with Gasteiger partial charge in [-0.15, -0.1) is 45.3 Å². The number of benzene rings is 4. The summed E-state index contributed by atoms with van der Waals surface area (Å²) < 4.78 is 21.5. The predicted octanol–water partition coefficient (Wildman–Crippen LogP) is 14.8. The van der Waals surface area contributed by atoms with Crippen molar-refractivity contribution >= 4 is 68.1 Å². The minimum Gasteiger partial charge on any atom is -0.497 e. The largest absolute Gasteiger partial charge is 0.497 e. The van der Waals surface area contributed by atoms with E-state index in [1.807, 2.05) is 95.5 Å². The summed E-state index contributed by atoms with van der Waals surface area (Å²) in [5.74, 6) is 2.75. The van der Waals surface area contributed by atoms with Crippen LogP contribution in [0, 0.1) is 27.7 Å². The summed E-state index contributed by atoms with van der Waals surface area (Å²) in [6.45, 7) is 8.67. The number of hydrogen-bond acceptors (Lipinski definition) is 10. The van der Waals surface area contributed by atoms with E-state index in [1.54, 1.807) is 87.5 Å². The maximum Gasteiger partial charge on any atom is 0.186 e. The Balaban J connectivity index is 1.12. The molecule has 0 unspecified atom stereocenters. The average molecular weight is 919 g/mol. The Hall–Kier alpha value is -6.30. The number of carbonyl (C=O) groups excluding carboxylic acids is 2. The summed E-state index contributed by atoms with van der Waals surface area (Å²) in [7, 11) is 6.53. The molecule has 0 aliphatic heterocycles. The Bertz CT molecular complexity index is 2820. The van der Waals surface area contributed by atoms with Crippen molar-refractivity contribution in [3.8, 4) is 52.3 Å². The highest BCUT2D eigenvalue weighted by Crippen LogP contribution is 2.49. The van der Waals surface area contributed by atoms with E-state index >= 15 is 0 Å². The summed E-state index contributed by atoms with van der Waals surface area (Å²) in [5.41, 5.74) is 9.51. The van der Waals surface area contributed by atoms with Crippen LogP contribution in [0.25, 0.3) is 40.4 Å². The first-order chi connectivity index (χ1) is 31.0. The maximum absolute atomic E-state index is 13.7. The van der Waals surface area contributed by atoms with Gasteiger partial charge in [0, 0.05) is 61.3 Å². The number of ketones is 2. The van der Waals surface area contributed by atoms with Crippen molar-refractivity contribution in [2.24, 2.45) is 0 Å². The molecule has 0 radical (unpaired) electrons. The number of ether oxygens (including phenoxy) is 4. The summed E-state index contributed by atoms with van der Waals surface area (Å²) in [5, 5.41) is 0. The number of rotatable bonds is 15. The highest BCUT2D eigenvalue weighted by molar-refractivity contribution is 7.29. The van der Waals surface area contributed by atoms with Crippen LogP contribution in [0.5, 0.6) is 23.0 Å². The highest BCUT2D eigenvalue weighted by atomic mass is 32.1. The Morgan fingerprint density at radius 1 is 0.375 bits per heavy atom. The van der Waals surface area contributed by atoms with Gasteiger partial charge in [0.1, 0.15) is 23.0 Å². The van der Waals surface area contributed by atoms with Gasteiger partial charge in [-0.05, 0) is 170 Å². The van der Waals surface area contributed by atoms with E-state index in [4.69, 9.17) is 18.9 Å². The molecule has 0 spiro atoms. The van der Waals surface area contributed by atoms with Crippen molar-refractivity contribution in [3.63, 3.8) is 0 Å². The van der Waals surface area contributed by atoms with Crippen molar-refractivity contribution in [2.45, 2.75) is 27.7 Å². The van der Waals surface area contributed by atoms with Gasteiger partial charge in [0.15, 0.2) is 11.6 Å². The first-order valence-electron chi connectivity index (χ1n) is 20.5. The summed E-state index contributed by atoms with van der Waals surface area (Å²) in [6, 6.07) is 39.1. The van der Waals surface area contributed by atoms with Crippen LogP contribution in [0.15, 0.2) is 133 Å². The third-order valence-electron chi connectivity index (χ3n) is 11.0. The zero-order valence-electron chi connectivity index (χ0n) is 36.8. The average Bonchev–Trinajstić information content (AvgIpc) is 4.11. The van der Waals surface area contributed by atoms with Gasteiger partial charge in [-0.1, -0.05) is 24.3 Å². The molecular weight excluding hydrogens is 873 g/mol. The Kier molecular flexibility index (Phi) is 13.3. The minimum atomic E-state index is -0.0811. The van der Waals surface area contributed by atoms with E-state index in [-0.39, 0.29) is 11.6 Å². The molecule has 4 aromatic carbocycles. The standard InChI is InChI=1S/C54H46O6S4/c1-31-25-47(43(35-9-17-39(57-5)18-10-35)29-45(55)37-13-21-41(59-7)22-14-37)61-51(31)49-27-33(3)53(63-49)54-34(4)28-50(64-54)52-32(2)26-48(62-52)44(36-11-19-40(58-6)20-12-36)30-46(56)38-15-23-42(60-8)24-16-38/h9-30H,1-8H3/b43-29-,44-30-. The third kappa shape index (κ3) is 9.32. The predicted molar refractivity (Wildman–Crippen MR) is 268 cm³/mol. The van der Waals surface area contributed by atoms with Crippen LogP contribution in [-0.2, 0) is 0 Å². The molecule has 0 fully saturated rings. The summed E-state index contributed by atoms with van der Waals surface area (Å²) in [4.78, 5) is 36.7. The monoisotopic (exact) mass is 918 g/mol. The van der Waals surface area contributed by atoms with Gasteiger partial charge in [-0.25, -0.2) is 0 Å². The molecule has 4 aromatic heterocycles. The van der Waals surface area contributed by atoms with Gasteiger partial charge in [0.2, 0.25) is 0 Å². The molecular formula is C54H46O6S4. The zero-order valence-corrected chi connectivity index (χ0v) is 40.1. The van der Waals surface area contributed by atoms with Gasteiger partial charge in [-0.3, -0.25) is 9.59 Å². The fraction of sp³-hybridized carbons (Fsp3) is 0.148. The number of allylic oxidation sites excluding steroid dienone is 2. The number of thiophene rings is 4.